The Morgan fingerprint density at radius 1 is 1.31 bits per heavy atom. The highest BCUT2D eigenvalue weighted by Crippen LogP contribution is 2.02. The van der Waals surface area contributed by atoms with E-state index in [1.807, 2.05) is 0 Å². The number of rotatable bonds is 9. The summed E-state index contributed by atoms with van der Waals surface area (Å²) in [5, 5.41) is 2.86. The van der Waals surface area contributed by atoms with E-state index in [4.69, 9.17) is 10.5 Å². The molecule has 0 aromatic carbocycles. The first-order valence-electron chi connectivity index (χ1n) is 6.10. The Balaban J connectivity index is 3.47. The van der Waals surface area contributed by atoms with Crippen molar-refractivity contribution in [1.29, 1.82) is 0 Å². The molecule has 0 aliphatic rings. The van der Waals surface area contributed by atoms with Gasteiger partial charge in [-0.1, -0.05) is 13.8 Å². The minimum absolute atomic E-state index is 0.0418. The molecule has 0 rings (SSSR count). The van der Waals surface area contributed by atoms with E-state index in [-0.39, 0.29) is 5.91 Å². The van der Waals surface area contributed by atoms with Gasteiger partial charge < -0.3 is 15.8 Å². The highest BCUT2D eigenvalue weighted by atomic mass is 16.5. The average molecular weight is 230 g/mol. The molecule has 4 nitrogen and oxygen atoms in total. The highest BCUT2D eigenvalue weighted by Gasteiger charge is 2.11. The molecule has 4 heteroatoms. The standard InChI is InChI=1S/C12H26N2O2/c1-10(2)6-4-8-14-12(15)11(13)7-5-9-16-3/h10-11H,4-9,13H2,1-3H3,(H,14,15). The second-order valence-electron chi connectivity index (χ2n) is 4.57. The lowest BCUT2D eigenvalue weighted by Crippen LogP contribution is -2.41. The van der Waals surface area contributed by atoms with Crippen LogP contribution in [0, 0.1) is 5.92 Å². The van der Waals surface area contributed by atoms with Gasteiger partial charge in [-0.05, 0) is 31.6 Å². The molecule has 0 aromatic rings. The lowest BCUT2D eigenvalue weighted by atomic mass is 10.1. The van der Waals surface area contributed by atoms with E-state index in [1.165, 1.54) is 0 Å². The van der Waals surface area contributed by atoms with Gasteiger partial charge in [-0.3, -0.25) is 4.79 Å². The zero-order chi connectivity index (χ0) is 12.4. The number of carbonyl (C=O) groups is 1. The van der Waals surface area contributed by atoms with Crippen LogP contribution in [0.25, 0.3) is 0 Å². The van der Waals surface area contributed by atoms with Crippen LogP contribution >= 0.6 is 0 Å². The Kier molecular flexibility index (Phi) is 9.24. The number of methoxy groups -OCH3 is 1. The monoisotopic (exact) mass is 230 g/mol. The van der Waals surface area contributed by atoms with Crippen molar-refractivity contribution in [2.45, 2.75) is 45.6 Å². The first-order valence-corrected chi connectivity index (χ1v) is 6.10. The summed E-state index contributed by atoms with van der Waals surface area (Å²) in [6.07, 6.45) is 3.67. The maximum absolute atomic E-state index is 11.5. The van der Waals surface area contributed by atoms with Gasteiger partial charge in [0.1, 0.15) is 0 Å². The third-order valence-corrected chi connectivity index (χ3v) is 2.46. The van der Waals surface area contributed by atoms with Gasteiger partial charge in [0.15, 0.2) is 0 Å². The fourth-order valence-electron chi connectivity index (χ4n) is 1.43. The van der Waals surface area contributed by atoms with E-state index in [0.717, 1.165) is 25.8 Å². The molecule has 1 unspecified atom stereocenters. The maximum Gasteiger partial charge on any atom is 0.236 e. The lowest BCUT2D eigenvalue weighted by molar-refractivity contribution is -0.122. The van der Waals surface area contributed by atoms with Gasteiger partial charge in [-0.2, -0.15) is 0 Å². The van der Waals surface area contributed by atoms with Gasteiger partial charge in [-0.15, -0.1) is 0 Å². The molecule has 0 aliphatic heterocycles. The fourth-order valence-corrected chi connectivity index (χ4v) is 1.43. The van der Waals surface area contributed by atoms with Gasteiger partial charge in [0.05, 0.1) is 6.04 Å². The molecule has 0 saturated carbocycles. The van der Waals surface area contributed by atoms with E-state index < -0.39 is 6.04 Å². The summed E-state index contributed by atoms with van der Waals surface area (Å²) in [6.45, 7) is 5.75. The van der Waals surface area contributed by atoms with Gasteiger partial charge in [0.2, 0.25) is 5.91 Å². The number of hydrogen-bond acceptors (Lipinski definition) is 3. The van der Waals surface area contributed by atoms with Crippen molar-refractivity contribution in [3.63, 3.8) is 0 Å². The van der Waals surface area contributed by atoms with E-state index in [9.17, 15) is 4.79 Å². The van der Waals surface area contributed by atoms with E-state index in [2.05, 4.69) is 19.2 Å². The lowest BCUT2D eigenvalue weighted by Gasteiger charge is -2.12. The topological polar surface area (TPSA) is 64.3 Å². The van der Waals surface area contributed by atoms with Crippen LogP contribution in [0.15, 0.2) is 0 Å². The van der Waals surface area contributed by atoms with Crippen LogP contribution in [0.1, 0.15) is 39.5 Å². The second-order valence-corrected chi connectivity index (χ2v) is 4.57. The minimum atomic E-state index is -0.394. The molecule has 96 valence electrons. The molecule has 16 heavy (non-hydrogen) atoms. The smallest absolute Gasteiger partial charge is 0.236 e. The van der Waals surface area contributed by atoms with E-state index in [0.29, 0.717) is 18.9 Å². The second kappa shape index (κ2) is 9.60. The summed E-state index contributed by atoms with van der Waals surface area (Å²) in [6, 6.07) is -0.394. The van der Waals surface area contributed by atoms with E-state index >= 15 is 0 Å². The van der Waals surface area contributed by atoms with Crippen LogP contribution in [-0.2, 0) is 9.53 Å². The molecule has 0 spiro atoms. The molecule has 0 aliphatic carbocycles. The van der Waals surface area contributed by atoms with Crippen molar-refractivity contribution in [1.82, 2.24) is 5.32 Å². The summed E-state index contributed by atoms with van der Waals surface area (Å²) in [5.41, 5.74) is 5.73. The zero-order valence-corrected chi connectivity index (χ0v) is 10.8. The summed E-state index contributed by atoms with van der Waals surface area (Å²) >= 11 is 0. The molecule has 0 aromatic heterocycles. The molecule has 0 saturated heterocycles. The number of carbonyl (C=O) groups excluding carboxylic acids is 1. The first-order chi connectivity index (χ1) is 7.57. The molecule has 1 amide bonds. The molecular weight excluding hydrogens is 204 g/mol. The van der Waals surface area contributed by atoms with Crippen LogP contribution < -0.4 is 11.1 Å². The Morgan fingerprint density at radius 3 is 2.56 bits per heavy atom. The van der Waals surface area contributed by atoms with Gasteiger partial charge in [-0.25, -0.2) is 0 Å². The summed E-state index contributed by atoms with van der Waals surface area (Å²) in [4.78, 5) is 11.5. The maximum atomic E-state index is 11.5. The SMILES string of the molecule is COCCCC(N)C(=O)NCCCC(C)C. The largest absolute Gasteiger partial charge is 0.385 e. The van der Waals surface area contributed by atoms with Gasteiger partial charge >= 0.3 is 0 Å². The fraction of sp³-hybridized carbons (Fsp3) is 0.917. The molecule has 3 N–H and O–H groups in total. The predicted octanol–water partition coefficient (Wildman–Crippen LogP) is 1.29. The predicted molar refractivity (Wildman–Crippen MR) is 66.2 cm³/mol. The van der Waals surface area contributed by atoms with Crippen LogP contribution in [0.4, 0.5) is 0 Å². The molecule has 0 radical (unpaired) electrons. The van der Waals surface area contributed by atoms with Crippen molar-refractivity contribution in [2.75, 3.05) is 20.3 Å². The number of ether oxygens (including phenoxy) is 1. The first kappa shape index (κ1) is 15.4. The van der Waals surface area contributed by atoms with Gasteiger partial charge in [0.25, 0.3) is 0 Å². The van der Waals surface area contributed by atoms with E-state index in [1.54, 1.807) is 7.11 Å². The highest BCUT2D eigenvalue weighted by molar-refractivity contribution is 5.81. The van der Waals surface area contributed by atoms with Crippen molar-refractivity contribution < 1.29 is 9.53 Å². The molecule has 1 atom stereocenters. The molecule has 0 heterocycles. The Morgan fingerprint density at radius 2 is 2.00 bits per heavy atom. The molecular formula is C12H26N2O2. The Hall–Kier alpha value is -0.610. The normalized spacial score (nSPS) is 12.8. The molecule has 0 bridgehead atoms. The van der Waals surface area contributed by atoms with Crippen molar-refractivity contribution >= 4 is 5.91 Å². The van der Waals surface area contributed by atoms with Crippen molar-refractivity contribution in [2.24, 2.45) is 11.7 Å². The minimum Gasteiger partial charge on any atom is -0.385 e. The third kappa shape index (κ3) is 8.68. The Bertz CT molecular complexity index is 184. The van der Waals surface area contributed by atoms with Crippen LogP contribution in [0.5, 0.6) is 0 Å². The van der Waals surface area contributed by atoms with Crippen molar-refractivity contribution in [3.8, 4) is 0 Å². The Labute approximate surface area is 98.9 Å². The number of hydrogen-bond donors (Lipinski definition) is 2. The number of nitrogens with two attached hydrogens (primary N) is 1. The van der Waals surface area contributed by atoms with Crippen LogP contribution in [0.3, 0.4) is 0 Å². The third-order valence-electron chi connectivity index (χ3n) is 2.46. The summed E-state index contributed by atoms with van der Waals surface area (Å²) < 4.78 is 4.91. The van der Waals surface area contributed by atoms with Gasteiger partial charge in [0, 0.05) is 20.3 Å². The summed E-state index contributed by atoms with van der Waals surface area (Å²) in [5.74, 6) is 0.645. The van der Waals surface area contributed by atoms with Crippen molar-refractivity contribution in [3.05, 3.63) is 0 Å². The average Bonchev–Trinajstić information content (AvgIpc) is 2.24. The quantitative estimate of drug-likeness (QED) is 0.587. The number of nitrogens with one attached hydrogen (secondary N) is 1. The zero-order valence-electron chi connectivity index (χ0n) is 10.8. The number of amides is 1. The molecule has 0 fully saturated rings. The summed E-state index contributed by atoms with van der Waals surface area (Å²) in [7, 11) is 1.65. The van der Waals surface area contributed by atoms with Crippen LogP contribution in [-0.4, -0.2) is 32.2 Å². The van der Waals surface area contributed by atoms with Crippen LogP contribution in [0.2, 0.25) is 0 Å².